The second-order valence-corrected chi connectivity index (χ2v) is 5.87. The van der Waals surface area contributed by atoms with Gasteiger partial charge < -0.3 is 10.1 Å². The van der Waals surface area contributed by atoms with Crippen molar-refractivity contribution in [1.82, 2.24) is 9.97 Å². The highest BCUT2D eigenvalue weighted by atomic mass is 127. The van der Waals surface area contributed by atoms with Crippen LogP contribution in [0.3, 0.4) is 0 Å². The van der Waals surface area contributed by atoms with Crippen LogP contribution >= 0.6 is 22.6 Å². The molecule has 0 radical (unpaired) electrons. The molecule has 4 nitrogen and oxygen atoms in total. The zero-order valence-electron chi connectivity index (χ0n) is 11.1. The average Bonchev–Trinajstić information content (AvgIpc) is 2.26. The van der Waals surface area contributed by atoms with Gasteiger partial charge in [0.1, 0.15) is 12.4 Å². The summed E-state index contributed by atoms with van der Waals surface area (Å²) in [6, 6.07) is 0. The van der Waals surface area contributed by atoms with E-state index < -0.39 is 0 Å². The Morgan fingerprint density at radius 2 is 1.94 bits per heavy atom. The van der Waals surface area contributed by atoms with E-state index in [1.807, 2.05) is 14.0 Å². The molecule has 0 aliphatic heterocycles. The lowest BCUT2D eigenvalue weighted by atomic mass is 9.92. The minimum Gasteiger partial charge on any atom is -0.374 e. The summed E-state index contributed by atoms with van der Waals surface area (Å²) in [6.45, 7) is 9.57. The van der Waals surface area contributed by atoms with Gasteiger partial charge in [0, 0.05) is 19.1 Å². The summed E-state index contributed by atoms with van der Waals surface area (Å²) >= 11 is 2.29. The zero-order valence-corrected chi connectivity index (χ0v) is 13.3. The van der Waals surface area contributed by atoms with E-state index in [1.165, 1.54) is 0 Å². The van der Waals surface area contributed by atoms with E-state index in [9.17, 15) is 0 Å². The van der Waals surface area contributed by atoms with Gasteiger partial charge in [-0.1, -0.05) is 20.8 Å². The molecular weight excluding hydrogens is 329 g/mol. The van der Waals surface area contributed by atoms with Gasteiger partial charge >= 0.3 is 0 Å². The van der Waals surface area contributed by atoms with Gasteiger partial charge in [-0.25, -0.2) is 9.97 Å². The van der Waals surface area contributed by atoms with Gasteiger partial charge in [-0.05, 0) is 29.5 Å². The maximum atomic E-state index is 5.37. The molecule has 1 rings (SSSR count). The van der Waals surface area contributed by atoms with Crippen LogP contribution in [0.2, 0.25) is 0 Å². The third-order valence-electron chi connectivity index (χ3n) is 2.28. The monoisotopic (exact) mass is 349 g/mol. The summed E-state index contributed by atoms with van der Waals surface area (Å²) in [6.07, 6.45) is 0. The molecule has 0 atom stereocenters. The van der Waals surface area contributed by atoms with Crippen molar-refractivity contribution < 1.29 is 4.74 Å². The van der Waals surface area contributed by atoms with Crippen molar-refractivity contribution in [2.24, 2.45) is 0 Å². The Morgan fingerprint density at radius 1 is 1.29 bits per heavy atom. The van der Waals surface area contributed by atoms with Crippen LogP contribution in [0.1, 0.15) is 39.2 Å². The van der Waals surface area contributed by atoms with E-state index in [2.05, 4.69) is 58.6 Å². The Morgan fingerprint density at radius 3 is 2.41 bits per heavy atom. The van der Waals surface area contributed by atoms with Gasteiger partial charge in [-0.15, -0.1) is 0 Å². The fraction of sp³-hybridized carbons (Fsp3) is 0.667. The molecule has 0 fully saturated rings. The van der Waals surface area contributed by atoms with Gasteiger partial charge in [0.2, 0.25) is 0 Å². The van der Waals surface area contributed by atoms with Crippen LogP contribution in [0.5, 0.6) is 0 Å². The Labute approximate surface area is 117 Å². The molecule has 0 unspecified atom stereocenters. The normalized spacial score (nSPS) is 11.6. The number of hydrogen-bond donors (Lipinski definition) is 1. The van der Waals surface area contributed by atoms with Gasteiger partial charge in [-0.2, -0.15) is 0 Å². The van der Waals surface area contributed by atoms with Crippen LogP contribution in [-0.2, 0) is 16.8 Å². The topological polar surface area (TPSA) is 47.0 Å². The van der Waals surface area contributed by atoms with Gasteiger partial charge in [-0.3, -0.25) is 0 Å². The Balaban J connectivity index is 3.19. The number of rotatable bonds is 4. The van der Waals surface area contributed by atoms with Crippen LogP contribution in [0.15, 0.2) is 0 Å². The molecule has 1 aromatic heterocycles. The van der Waals surface area contributed by atoms with Crippen LogP contribution in [0.4, 0.5) is 5.82 Å². The van der Waals surface area contributed by atoms with Crippen LogP contribution in [-0.4, -0.2) is 23.6 Å². The van der Waals surface area contributed by atoms with Crippen molar-refractivity contribution in [2.45, 2.75) is 39.7 Å². The molecule has 0 saturated heterocycles. The van der Waals surface area contributed by atoms with E-state index >= 15 is 0 Å². The van der Waals surface area contributed by atoms with E-state index in [4.69, 9.17) is 4.74 Å². The largest absolute Gasteiger partial charge is 0.374 e. The number of anilines is 1. The van der Waals surface area contributed by atoms with Crippen molar-refractivity contribution >= 4 is 28.4 Å². The Hall–Kier alpha value is -0.430. The first-order valence-corrected chi connectivity index (χ1v) is 6.80. The zero-order chi connectivity index (χ0) is 13.1. The van der Waals surface area contributed by atoms with Crippen molar-refractivity contribution in [3.8, 4) is 0 Å². The van der Waals surface area contributed by atoms with E-state index in [0.717, 1.165) is 20.9 Å². The number of nitrogens with zero attached hydrogens (tertiary/aromatic N) is 2. The van der Waals surface area contributed by atoms with E-state index in [-0.39, 0.29) is 5.41 Å². The fourth-order valence-corrected chi connectivity index (χ4v) is 2.73. The molecule has 0 aromatic carbocycles. The van der Waals surface area contributed by atoms with Crippen LogP contribution in [0, 0.1) is 3.57 Å². The Kier molecular flexibility index (Phi) is 5.12. The van der Waals surface area contributed by atoms with Crippen LogP contribution < -0.4 is 5.32 Å². The molecule has 5 heteroatoms. The van der Waals surface area contributed by atoms with E-state index in [0.29, 0.717) is 13.2 Å². The lowest BCUT2D eigenvalue weighted by molar-refractivity contribution is 0.128. The van der Waals surface area contributed by atoms with Crippen molar-refractivity contribution in [1.29, 1.82) is 0 Å². The Bertz CT molecular complexity index is 388. The minimum atomic E-state index is 0.00598. The molecule has 0 amide bonds. The molecule has 0 bridgehead atoms. The maximum Gasteiger partial charge on any atom is 0.156 e. The fourth-order valence-electron chi connectivity index (χ4n) is 1.41. The smallest absolute Gasteiger partial charge is 0.156 e. The molecule has 17 heavy (non-hydrogen) atoms. The molecule has 1 heterocycles. The number of nitrogens with one attached hydrogen (secondary N) is 1. The SMILES string of the molecule is CCOCc1nc(NC)c(I)c(C(C)(C)C)n1. The molecule has 0 saturated carbocycles. The number of halogens is 1. The predicted molar refractivity (Wildman–Crippen MR) is 78.3 cm³/mol. The summed E-state index contributed by atoms with van der Waals surface area (Å²) in [5.74, 6) is 1.61. The highest BCUT2D eigenvalue weighted by Crippen LogP contribution is 2.29. The van der Waals surface area contributed by atoms with Crippen molar-refractivity contribution in [3.63, 3.8) is 0 Å². The minimum absolute atomic E-state index is 0.00598. The van der Waals surface area contributed by atoms with Crippen LogP contribution in [0.25, 0.3) is 0 Å². The molecular formula is C12H20IN3O. The van der Waals surface area contributed by atoms with Gasteiger partial charge in [0.25, 0.3) is 0 Å². The summed E-state index contributed by atoms with van der Waals surface area (Å²) in [5.41, 5.74) is 1.07. The van der Waals surface area contributed by atoms with Gasteiger partial charge in [0.05, 0.1) is 9.26 Å². The van der Waals surface area contributed by atoms with E-state index in [1.54, 1.807) is 0 Å². The average molecular weight is 349 g/mol. The molecule has 1 N–H and O–H groups in total. The number of hydrogen-bond acceptors (Lipinski definition) is 4. The lowest BCUT2D eigenvalue weighted by Gasteiger charge is -2.21. The summed E-state index contributed by atoms with van der Waals surface area (Å²) in [4.78, 5) is 9.05. The first-order valence-electron chi connectivity index (χ1n) is 5.72. The number of aromatic nitrogens is 2. The van der Waals surface area contributed by atoms with Gasteiger partial charge in [0.15, 0.2) is 5.82 Å². The van der Waals surface area contributed by atoms with Crippen molar-refractivity contribution in [3.05, 3.63) is 15.1 Å². The number of ether oxygens (including phenoxy) is 1. The third kappa shape index (κ3) is 3.77. The molecule has 96 valence electrons. The first kappa shape index (κ1) is 14.6. The quantitative estimate of drug-likeness (QED) is 0.849. The molecule has 0 spiro atoms. The standard InChI is InChI=1S/C12H20IN3O/c1-6-17-7-8-15-10(12(2,3)4)9(13)11(14-5)16-8/h6-7H2,1-5H3,(H,14,15,16). The highest BCUT2D eigenvalue weighted by molar-refractivity contribution is 14.1. The van der Waals surface area contributed by atoms with Crippen molar-refractivity contribution in [2.75, 3.05) is 19.0 Å². The maximum absolute atomic E-state index is 5.37. The molecule has 0 aliphatic carbocycles. The second kappa shape index (κ2) is 5.95. The molecule has 0 aliphatic rings. The molecule has 1 aromatic rings. The highest BCUT2D eigenvalue weighted by Gasteiger charge is 2.22. The lowest BCUT2D eigenvalue weighted by Crippen LogP contribution is -2.19. The predicted octanol–water partition coefficient (Wildman–Crippen LogP) is 2.96. The summed E-state index contributed by atoms with van der Waals surface area (Å²) in [7, 11) is 1.88. The first-order chi connectivity index (χ1) is 7.90. The summed E-state index contributed by atoms with van der Waals surface area (Å²) < 4.78 is 6.45. The third-order valence-corrected chi connectivity index (χ3v) is 3.30. The second-order valence-electron chi connectivity index (χ2n) is 4.79. The summed E-state index contributed by atoms with van der Waals surface area (Å²) in [5, 5.41) is 3.11.